The Hall–Kier alpha value is -2.52. The van der Waals surface area contributed by atoms with Crippen molar-refractivity contribution in [2.24, 2.45) is 5.41 Å². The Kier molecular flexibility index (Phi) is 7.19. The van der Waals surface area contributed by atoms with Crippen LogP contribution in [0.1, 0.15) is 26.7 Å². The van der Waals surface area contributed by atoms with Crippen molar-refractivity contribution < 1.29 is 27.4 Å². The number of rotatable bonds is 7. The fourth-order valence-corrected chi connectivity index (χ4v) is 6.64. The molecule has 172 valence electrons. The van der Waals surface area contributed by atoms with Gasteiger partial charge in [0.15, 0.2) is 9.84 Å². The van der Waals surface area contributed by atoms with E-state index in [9.17, 15) is 17.6 Å². The third-order valence-corrected chi connectivity index (χ3v) is 8.67. The fraction of sp³-hybridized carbons (Fsp3) is 0.348. The maximum atomic E-state index is 13.5. The molecule has 0 saturated heterocycles. The molecule has 0 amide bonds. The summed E-state index contributed by atoms with van der Waals surface area (Å²) in [7, 11) is -3.72. The van der Waals surface area contributed by atoms with E-state index in [0.29, 0.717) is 36.2 Å². The molecule has 1 aliphatic rings. The van der Waals surface area contributed by atoms with Crippen molar-refractivity contribution >= 4 is 38.9 Å². The van der Waals surface area contributed by atoms with Gasteiger partial charge in [-0.25, -0.2) is 13.2 Å². The molecule has 0 atom stereocenters. The summed E-state index contributed by atoms with van der Waals surface area (Å²) in [4.78, 5) is 13.4. The highest BCUT2D eigenvalue weighted by atomic mass is 32.2. The molecule has 0 aliphatic carbocycles. The van der Waals surface area contributed by atoms with Crippen LogP contribution in [0.3, 0.4) is 0 Å². The number of fused-ring (bicyclic) bond motifs is 1. The predicted molar refractivity (Wildman–Crippen MR) is 124 cm³/mol. The molecule has 0 radical (unpaired) electrons. The lowest BCUT2D eigenvalue weighted by atomic mass is 9.83. The van der Waals surface area contributed by atoms with Crippen LogP contribution in [0, 0.1) is 5.41 Å². The Morgan fingerprint density at radius 2 is 1.91 bits per heavy atom. The first kappa shape index (κ1) is 24.1. The van der Waals surface area contributed by atoms with E-state index < -0.39 is 27.0 Å². The Morgan fingerprint density at radius 3 is 2.47 bits per heavy atom. The summed E-state index contributed by atoms with van der Waals surface area (Å²) in [6.45, 7) is 4.52. The number of nitrogens with zero attached hydrogens (tertiary/aromatic N) is 1. The summed E-state index contributed by atoms with van der Waals surface area (Å²) in [6.07, 6.45) is 3.63. The Labute approximate surface area is 192 Å². The van der Waals surface area contributed by atoms with Crippen LogP contribution in [0.15, 0.2) is 64.3 Å². The summed E-state index contributed by atoms with van der Waals surface area (Å²) >= 11 is 1.30. The van der Waals surface area contributed by atoms with Gasteiger partial charge in [-0.1, -0.05) is 32.0 Å². The third-order valence-electron chi connectivity index (χ3n) is 5.92. The van der Waals surface area contributed by atoms with Crippen molar-refractivity contribution in [2.75, 3.05) is 23.5 Å². The Morgan fingerprint density at radius 1 is 1.25 bits per heavy atom. The summed E-state index contributed by atoms with van der Waals surface area (Å²) < 4.78 is 45.8. The Balaban J connectivity index is 2.25. The van der Waals surface area contributed by atoms with E-state index in [-0.39, 0.29) is 16.4 Å². The van der Waals surface area contributed by atoms with Crippen LogP contribution in [-0.2, 0) is 14.6 Å². The first-order valence-electron chi connectivity index (χ1n) is 10.2. The smallest absolute Gasteiger partial charge is 0.368 e. The summed E-state index contributed by atoms with van der Waals surface area (Å²) in [5.41, 5.74) is 0.942. The van der Waals surface area contributed by atoms with Crippen molar-refractivity contribution in [1.82, 2.24) is 0 Å². The molecule has 6 nitrogen and oxygen atoms in total. The van der Waals surface area contributed by atoms with E-state index >= 15 is 0 Å². The summed E-state index contributed by atoms with van der Waals surface area (Å²) in [6, 6.07) is 12.7. The molecule has 3 rings (SSSR count). The van der Waals surface area contributed by atoms with E-state index in [0.717, 1.165) is 5.69 Å². The molecule has 1 heterocycles. The second kappa shape index (κ2) is 9.54. The van der Waals surface area contributed by atoms with Crippen molar-refractivity contribution in [3.05, 3.63) is 54.6 Å². The molecule has 0 saturated carbocycles. The maximum Gasteiger partial charge on any atom is 0.368 e. The predicted octanol–water partition coefficient (Wildman–Crippen LogP) is 5.41. The lowest BCUT2D eigenvalue weighted by molar-refractivity contribution is -0.134. The van der Waals surface area contributed by atoms with E-state index in [4.69, 9.17) is 9.84 Å². The zero-order chi connectivity index (χ0) is 23.5. The molecular formula is C23H26FNO5S2. The molecule has 32 heavy (non-hydrogen) atoms. The average molecular weight is 480 g/mol. The number of hydrogen-bond donors (Lipinski definition) is 1. The number of anilines is 2. The molecule has 0 bridgehead atoms. The first-order valence-corrected chi connectivity index (χ1v) is 13.1. The van der Waals surface area contributed by atoms with E-state index in [1.54, 1.807) is 12.3 Å². The molecule has 0 fully saturated rings. The minimum absolute atomic E-state index is 0.0271. The number of thioether (sulfide) groups is 1. The number of carbonyl (C=O) groups is 1. The molecule has 0 unspecified atom stereocenters. The van der Waals surface area contributed by atoms with Gasteiger partial charge in [0.25, 0.3) is 0 Å². The number of halogens is 1. The lowest BCUT2D eigenvalue weighted by Crippen LogP contribution is -2.37. The van der Waals surface area contributed by atoms with E-state index in [1.807, 2.05) is 49.1 Å². The van der Waals surface area contributed by atoms with Crippen molar-refractivity contribution in [3.63, 3.8) is 0 Å². The summed E-state index contributed by atoms with van der Waals surface area (Å²) in [5.74, 6) is -3.17. The highest BCUT2D eigenvalue weighted by Crippen LogP contribution is 2.46. The number of carboxylic acid groups (broad SMARTS) is 1. The second-order valence-electron chi connectivity index (χ2n) is 7.75. The SMILES string of the molecule is CCC1(CC)CN(c2ccccc2)c2cc(SC)c(OC=C(F)C(=O)O)cc2S(=O)(=O)C1. The maximum absolute atomic E-state index is 13.5. The van der Waals surface area contributed by atoms with Crippen LogP contribution in [0.2, 0.25) is 0 Å². The first-order chi connectivity index (χ1) is 15.2. The van der Waals surface area contributed by atoms with Crippen LogP contribution >= 0.6 is 11.8 Å². The largest absolute Gasteiger partial charge is 0.476 e. The molecule has 0 spiro atoms. The van der Waals surface area contributed by atoms with Gasteiger partial charge in [0, 0.05) is 23.7 Å². The minimum Gasteiger partial charge on any atom is -0.476 e. The molecule has 1 N–H and O–H groups in total. The zero-order valence-corrected chi connectivity index (χ0v) is 19.8. The van der Waals surface area contributed by atoms with Gasteiger partial charge < -0.3 is 14.7 Å². The lowest BCUT2D eigenvalue weighted by Gasteiger charge is -2.35. The molecule has 2 aromatic carbocycles. The van der Waals surface area contributed by atoms with Crippen LogP contribution in [0.4, 0.5) is 15.8 Å². The standard InChI is InChI=1S/C23H26FNO5S2/c1-4-23(5-2)14-25(16-9-7-6-8-10-16)18-11-20(31-3)19(30-13-17(24)22(26)27)12-21(18)32(28,29)15-23/h6-13H,4-5,14-15H2,1-3H3,(H,26,27). The van der Waals surface area contributed by atoms with Gasteiger partial charge >= 0.3 is 5.97 Å². The highest BCUT2D eigenvalue weighted by Gasteiger charge is 2.41. The molecule has 0 aromatic heterocycles. The number of sulfone groups is 1. The monoisotopic (exact) mass is 479 g/mol. The van der Waals surface area contributed by atoms with Gasteiger partial charge in [0.1, 0.15) is 12.0 Å². The van der Waals surface area contributed by atoms with Crippen LogP contribution in [0.25, 0.3) is 0 Å². The number of aliphatic carboxylic acids is 1. The van der Waals surface area contributed by atoms with Gasteiger partial charge in [0.05, 0.1) is 21.2 Å². The normalized spacial score (nSPS) is 17.4. The van der Waals surface area contributed by atoms with Crippen LogP contribution in [0.5, 0.6) is 5.75 Å². The number of ether oxygens (including phenoxy) is 1. The Bertz CT molecular complexity index is 1130. The molecular weight excluding hydrogens is 453 g/mol. The van der Waals surface area contributed by atoms with Crippen LogP contribution < -0.4 is 9.64 Å². The molecule has 9 heteroatoms. The minimum atomic E-state index is -3.72. The van der Waals surface area contributed by atoms with Gasteiger partial charge in [-0.3, -0.25) is 0 Å². The van der Waals surface area contributed by atoms with E-state index in [2.05, 4.69) is 0 Å². The quantitative estimate of drug-likeness (QED) is 0.323. The van der Waals surface area contributed by atoms with Gasteiger partial charge in [-0.15, -0.1) is 11.8 Å². The van der Waals surface area contributed by atoms with Crippen molar-refractivity contribution in [1.29, 1.82) is 0 Å². The zero-order valence-electron chi connectivity index (χ0n) is 18.2. The number of para-hydroxylation sites is 1. The van der Waals surface area contributed by atoms with Crippen molar-refractivity contribution in [3.8, 4) is 5.75 Å². The topological polar surface area (TPSA) is 83.9 Å². The number of benzene rings is 2. The van der Waals surface area contributed by atoms with E-state index in [1.165, 1.54) is 17.8 Å². The highest BCUT2D eigenvalue weighted by molar-refractivity contribution is 7.98. The van der Waals surface area contributed by atoms with Crippen LogP contribution in [-0.4, -0.2) is 38.0 Å². The fourth-order valence-electron chi connectivity index (χ4n) is 3.87. The molecule has 1 aliphatic heterocycles. The van der Waals surface area contributed by atoms with Gasteiger partial charge in [0.2, 0.25) is 5.83 Å². The summed E-state index contributed by atoms with van der Waals surface area (Å²) in [5, 5.41) is 8.74. The number of hydrogen-bond acceptors (Lipinski definition) is 6. The molecule has 2 aromatic rings. The van der Waals surface area contributed by atoms with Gasteiger partial charge in [-0.05, 0) is 37.3 Å². The second-order valence-corrected chi connectivity index (χ2v) is 10.6. The number of carboxylic acids is 1. The average Bonchev–Trinajstić information content (AvgIpc) is 2.89. The van der Waals surface area contributed by atoms with Crippen molar-refractivity contribution in [2.45, 2.75) is 36.5 Å². The third kappa shape index (κ3) is 4.78. The van der Waals surface area contributed by atoms with Gasteiger partial charge in [-0.2, -0.15) is 4.39 Å².